The van der Waals surface area contributed by atoms with E-state index in [-0.39, 0.29) is 12.1 Å². The Hall–Kier alpha value is -3.26. The van der Waals surface area contributed by atoms with Crippen LogP contribution in [0.1, 0.15) is 16.9 Å². The van der Waals surface area contributed by atoms with E-state index in [1.807, 2.05) is 31.2 Å². The Bertz CT molecular complexity index is 1060. The van der Waals surface area contributed by atoms with Crippen LogP contribution >= 0.6 is 15.9 Å². The number of aryl methyl sites for hydroxylation is 1. The molecule has 0 aliphatic rings. The predicted molar refractivity (Wildman–Crippen MR) is 109 cm³/mol. The zero-order valence-corrected chi connectivity index (χ0v) is 16.5. The van der Waals surface area contributed by atoms with Crippen molar-refractivity contribution in [2.45, 2.75) is 13.3 Å². The van der Waals surface area contributed by atoms with Gasteiger partial charge in [-0.15, -0.1) is 0 Å². The van der Waals surface area contributed by atoms with Crippen molar-refractivity contribution in [3.05, 3.63) is 86.1 Å². The number of nitrogens with one attached hydrogen (secondary N) is 1. The summed E-state index contributed by atoms with van der Waals surface area (Å²) < 4.78 is 6.64. The molecule has 1 N–H and O–H groups in total. The number of carbonyl (C=O) groups is 1. The molecule has 0 atom stereocenters. The van der Waals surface area contributed by atoms with E-state index in [2.05, 4.69) is 26.5 Å². The summed E-state index contributed by atoms with van der Waals surface area (Å²) in [4.78, 5) is 22.5. The fourth-order valence-corrected chi connectivity index (χ4v) is 3.29. The smallest absolute Gasteiger partial charge is 0.273 e. The van der Waals surface area contributed by atoms with Gasteiger partial charge >= 0.3 is 0 Å². The lowest BCUT2D eigenvalue weighted by atomic mass is 10.1. The van der Waals surface area contributed by atoms with Crippen LogP contribution in [0.15, 0.2) is 68.6 Å². The molecule has 2 aromatic carbocycles. The molecule has 0 bridgehead atoms. The second kappa shape index (κ2) is 8.62. The summed E-state index contributed by atoms with van der Waals surface area (Å²) in [6, 6.07) is 15.6. The maximum absolute atomic E-state index is 12.0. The van der Waals surface area contributed by atoms with Gasteiger partial charge in [-0.3, -0.25) is 14.9 Å². The second-order valence-corrected chi connectivity index (χ2v) is 6.90. The maximum atomic E-state index is 12.0. The topological polar surface area (TPSA) is 97.7 Å². The molecule has 142 valence electrons. The van der Waals surface area contributed by atoms with E-state index < -0.39 is 10.8 Å². The van der Waals surface area contributed by atoms with Crippen LogP contribution in [0.4, 0.5) is 5.69 Å². The number of nitrogens with zero attached hydrogens (tertiary/aromatic N) is 2. The lowest BCUT2D eigenvalue weighted by Gasteiger charge is -2.02. The van der Waals surface area contributed by atoms with Gasteiger partial charge in [0.15, 0.2) is 0 Å². The van der Waals surface area contributed by atoms with Crippen LogP contribution in [0, 0.1) is 17.0 Å². The van der Waals surface area contributed by atoms with Crippen LogP contribution < -0.4 is 5.43 Å². The van der Waals surface area contributed by atoms with Crippen molar-refractivity contribution in [2.75, 3.05) is 0 Å². The third-order valence-electron chi connectivity index (χ3n) is 3.94. The highest BCUT2D eigenvalue weighted by molar-refractivity contribution is 9.10. The first-order valence-corrected chi connectivity index (χ1v) is 9.14. The summed E-state index contributed by atoms with van der Waals surface area (Å²) >= 11 is 3.51. The Morgan fingerprint density at radius 3 is 2.79 bits per heavy atom. The van der Waals surface area contributed by atoms with Crippen molar-refractivity contribution >= 4 is 33.7 Å². The normalized spacial score (nSPS) is 10.9. The third-order valence-corrected chi connectivity index (χ3v) is 4.59. The lowest BCUT2D eigenvalue weighted by molar-refractivity contribution is -0.385. The van der Waals surface area contributed by atoms with Gasteiger partial charge in [0.05, 0.1) is 17.6 Å². The number of rotatable bonds is 6. The Labute approximate surface area is 169 Å². The minimum atomic E-state index is -0.514. The molecule has 28 heavy (non-hydrogen) atoms. The summed E-state index contributed by atoms with van der Waals surface area (Å²) in [6.07, 6.45) is 1.23. The van der Waals surface area contributed by atoms with E-state index >= 15 is 0 Å². The average Bonchev–Trinajstić information content (AvgIpc) is 3.10. The summed E-state index contributed by atoms with van der Waals surface area (Å²) in [6.45, 7) is 2.00. The first-order valence-electron chi connectivity index (χ1n) is 8.34. The highest BCUT2D eigenvalue weighted by Gasteiger charge is 2.15. The number of amides is 1. The highest BCUT2D eigenvalue weighted by atomic mass is 79.9. The zero-order chi connectivity index (χ0) is 20.1. The van der Waals surface area contributed by atoms with E-state index in [0.29, 0.717) is 17.1 Å². The number of nitro groups is 1. The molecule has 7 nitrogen and oxygen atoms in total. The molecule has 0 saturated heterocycles. The van der Waals surface area contributed by atoms with Gasteiger partial charge in [0, 0.05) is 21.7 Å². The van der Waals surface area contributed by atoms with Gasteiger partial charge in [0.2, 0.25) is 5.91 Å². The van der Waals surface area contributed by atoms with Gasteiger partial charge in [-0.05, 0) is 36.8 Å². The van der Waals surface area contributed by atoms with Crippen LogP contribution in [0.5, 0.6) is 0 Å². The lowest BCUT2D eigenvalue weighted by Crippen LogP contribution is -2.20. The first kappa shape index (κ1) is 19.5. The molecule has 0 fully saturated rings. The first-order chi connectivity index (χ1) is 13.4. The molecular weight excluding hydrogens is 426 g/mol. The van der Waals surface area contributed by atoms with Crippen molar-refractivity contribution in [1.29, 1.82) is 0 Å². The molecule has 1 heterocycles. The van der Waals surface area contributed by atoms with Crippen LogP contribution in [0.25, 0.3) is 11.3 Å². The van der Waals surface area contributed by atoms with Crippen molar-refractivity contribution in [1.82, 2.24) is 5.43 Å². The van der Waals surface area contributed by atoms with Gasteiger partial charge in [0.25, 0.3) is 5.69 Å². The van der Waals surface area contributed by atoms with E-state index in [9.17, 15) is 14.9 Å². The number of nitro benzene ring substituents is 1. The van der Waals surface area contributed by atoms with Gasteiger partial charge in [-0.1, -0.05) is 40.2 Å². The van der Waals surface area contributed by atoms with Crippen LogP contribution in [0.3, 0.4) is 0 Å². The van der Waals surface area contributed by atoms with Gasteiger partial charge in [-0.25, -0.2) is 5.43 Å². The molecule has 1 aromatic heterocycles. The fraction of sp³-hybridized carbons (Fsp3) is 0.100. The summed E-state index contributed by atoms with van der Waals surface area (Å²) in [5.74, 6) is 0.673. The molecule has 3 rings (SSSR count). The maximum Gasteiger partial charge on any atom is 0.273 e. The number of furan rings is 1. The Balaban J connectivity index is 1.63. The number of para-hydroxylation sites is 1. The number of hydrazone groups is 1. The molecule has 0 spiro atoms. The molecular formula is C20H16BrN3O4. The molecule has 0 saturated carbocycles. The number of hydrogen-bond donors (Lipinski definition) is 1. The minimum Gasteiger partial charge on any atom is -0.455 e. The highest BCUT2D eigenvalue weighted by Crippen LogP contribution is 2.30. The largest absolute Gasteiger partial charge is 0.455 e. The molecule has 0 radical (unpaired) electrons. The van der Waals surface area contributed by atoms with Crippen molar-refractivity contribution in [3.8, 4) is 11.3 Å². The summed E-state index contributed by atoms with van der Waals surface area (Å²) in [5, 5.41) is 14.8. The number of hydrogen-bond acceptors (Lipinski definition) is 5. The number of carbonyl (C=O) groups excluding carboxylic acids is 1. The van der Waals surface area contributed by atoms with Crippen LogP contribution in [-0.2, 0) is 11.2 Å². The monoisotopic (exact) mass is 441 g/mol. The van der Waals surface area contributed by atoms with Crippen LogP contribution in [0.2, 0.25) is 0 Å². The molecule has 0 unspecified atom stereocenters. The van der Waals surface area contributed by atoms with E-state index in [1.54, 1.807) is 24.3 Å². The number of halogens is 1. The molecule has 0 aliphatic heterocycles. The van der Waals surface area contributed by atoms with Crippen LogP contribution in [-0.4, -0.2) is 17.0 Å². The SMILES string of the molecule is Cc1ccc(-c2ccc(C=NNC(=O)Cc3ccccc3[N+](=O)[O-])o2)c(Br)c1. The second-order valence-electron chi connectivity index (χ2n) is 6.04. The third kappa shape index (κ3) is 4.72. The fourth-order valence-electron chi connectivity index (χ4n) is 2.61. The summed E-state index contributed by atoms with van der Waals surface area (Å²) in [7, 11) is 0. The predicted octanol–water partition coefficient (Wildman–Crippen LogP) is 4.62. The van der Waals surface area contributed by atoms with Gasteiger partial charge < -0.3 is 4.42 Å². The van der Waals surface area contributed by atoms with Crippen molar-refractivity contribution in [3.63, 3.8) is 0 Å². The van der Waals surface area contributed by atoms with Gasteiger partial charge in [-0.2, -0.15) is 5.10 Å². The Kier molecular flexibility index (Phi) is 6.00. The zero-order valence-electron chi connectivity index (χ0n) is 14.9. The van der Waals surface area contributed by atoms with Gasteiger partial charge in [0.1, 0.15) is 11.5 Å². The van der Waals surface area contributed by atoms with E-state index in [4.69, 9.17) is 4.42 Å². The quantitative estimate of drug-likeness (QED) is 0.342. The van der Waals surface area contributed by atoms with Crippen molar-refractivity contribution < 1.29 is 14.1 Å². The number of benzene rings is 2. The average molecular weight is 442 g/mol. The molecule has 8 heteroatoms. The standard InChI is InChI=1S/C20H16BrN3O4/c1-13-6-8-16(17(21)10-13)19-9-7-15(28-19)12-22-23-20(25)11-14-4-2-3-5-18(14)24(26)27/h2-10,12H,11H2,1H3,(H,23,25). The van der Waals surface area contributed by atoms with E-state index in [1.165, 1.54) is 12.3 Å². The molecule has 0 aliphatic carbocycles. The minimum absolute atomic E-state index is 0.0963. The molecule has 3 aromatic rings. The van der Waals surface area contributed by atoms with Crippen molar-refractivity contribution in [2.24, 2.45) is 5.10 Å². The Morgan fingerprint density at radius 2 is 2.04 bits per heavy atom. The summed E-state index contributed by atoms with van der Waals surface area (Å²) in [5.41, 5.74) is 4.62. The molecule has 1 amide bonds. The Morgan fingerprint density at radius 1 is 1.25 bits per heavy atom. The van der Waals surface area contributed by atoms with E-state index in [0.717, 1.165) is 15.6 Å².